The monoisotopic (exact) mass is 522 g/mol. The molecule has 0 spiro atoms. The minimum atomic E-state index is -0.134. The molecule has 0 radical (unpaired) electrons. The summed E-state index contributed by atoms with van der Waals surface area (Å²) >= 11 is 6.29. The van der Waals surface area contributed by atoms with E-state index in [9.17, 15) is 10.2 Å². The van der Waals surface area contributed by atoms with E-state index >= 15 is 0 Å². The molecule has 11 heteroatoms. The van der Waals surface area contributed by atoms with Crippen LogP contribution in [0.15, 0.2) is 54.0 Å². The maximum absolute atomic E-state index is 9.69. The number of rotatable bonds is 7. The van der Waals surface area contributed by atoms with Crippen LogP contribution in [0.5, 0.6) is 5.75 Å². The van der Waals surface area contributed by atoms with E-state index < -0.39 is 0 Å². The van der Waals surface area contributed by atoms with Crippen LogP contribution in [0, 0.1) is 5.41 Å². The van der Waals surface area contributed by atoms with Crippen molar-refractivity contribution >= 4 is 34.3 Å². The van der Waals surface area contributed by atoms with Gasteiger partial charge in [0.1, 0.15) is 11.6 Å². The molecule has 0 aliphatic heterocycles. The number of phenolic OH excluding ortho intramolecular Hbond substituents is 1. The number of hydrogen-bond acceptors (Lipinski definition) is 7. The summed E-state index contributed by atoms with van der Waals surface area (Å²) in [5, 5.41) is 31.9. The van der Waals surface area contributed by atoms with E-state index in [0.29, 0.717) is 22.8 Å². The number of nitrogens with two attached hydrogens (primary N) is 2. The SMILES string of the molecule is CC1(C)C(N)CCC1Nc1c(C(N)=Nc2ccc(O)cc2Cl)cnn2cc(-c3cnn(CCO)c3)cc12. The number of aromatic hydroxyl groups is 1. The number of phenols is 1. The average Bonchev–Trinajstić information content (AvgIpc) is 3.55. The summed E-state index contributed by atoms with van der Waals surface area (Å²) in [6.07, 6.45) is 9.11. The fraction of sp³-hybridized carbons (Fsp3) is 0.346. The molecular formula is C26H31ClN8O2. The van der Waals surface area contributed by atoms with Gasteiger partial charge in [0, 0.05) is 41.7 Å². The molecule has 10 nitrogen and oxygen atoms in total. The second-order valence-electron chi connectivity index (χ2n) is 10.0. The smallest absolute Gasteiger partial charge is 0.135 e. The number of aliphatic hydroxyl groups excluding tert-OH is 1. The lowest BCUT2D eigenvalue weighted by Crippen LogP contribution is -2.42. The molecule has 3 heterocycles. The Labute approximate surface area is 219 Å². The Kier molecular flexibility index (Phi) is 6.57. The van der Waals surface area contributed by atoms with Crippen molar-refractivity contribution in [3.05, 3.63) is 59.6 Å². The highest BCUT2D eigenvalue weighted by Crippen LogP contribution is 2.40. The zero-order valence-corrected chi connectivity index (χ0v) is 21.5. The van der Waals surface area contributed by atoms with E-state index in [0.717, 1.165) is 35.2 Å². The summed E-state index contributed by atoms with van der Waals surface area (Å²) < 4.78 is 3.50. The average molecular weight is 523 g/mol. The van der Waals surface area contributed by atoms with Crippen molar-refractivity contribution in [2.45, 2.75) is 45.3 Å². The van der Waals surface area contributed by atoms with Crippen LogP contribution < -0.4 is 16.8 Å². The lowest BCUT2D eigenvalue weighted by molar-refractivity contribution is 0.269. The summed E-state index contributed by atoms with van der Waals surface area (Å²) in [7, 11) is 0. The Hall–Kier alpha value is -3.60. The minimum Gasteiger partial charge on any atom is -0.508 e. The molecule has 0 bridgehead atoms. The Morgan fingerprint density at radius 1 is 1.19 bits per heavy atom. The van der Waals surface area contributed by atoms with E-state index in [1.807, 2.05) is 18.5 Å². The first-order valence-electron chi connectivity index (χ1n) is 12.2. The minimum absolute atomic E-state index is 0.0147. The van der Waals surface area contributed by atoms with Crippen LogP contribution in [0.25, 0.3) is 16.6 Å². The number of halogens is 1. The quantitative estimate of drug-likeness (QED) is 0.184. The fourth-order valence-electron chi connectivity index (χ4n) is 4.86. The zero-order valence-electron chi connectivity index (χ0n) is 20.8. The van der Waals surface area contributed by atoms with Gasteiger partial charge in [-0.2, -0.15) is 10.2 Å². The lowest BCUT2D eigenvalue weighted by Gasteiger charge is -2.32. The summed E-state index contributed by atoms with van der Waals surface area (Å²) in [4.78, 5) is 4.55. The van der Waals surface area contributed by atoms with Crippen molar-refractivity contribution in [1.29, 1.82) is 0 Å². The molecule has 0 amide bonds. The Bertz CT molecular complexity index is 1470. The van der Waals surface area contributed by atoms with Crippen molar-refractivity contribution in [3.63, 3.8) is 0 Å². The van der Waals surface area contributed by atoms with Gasteiger partial charge in [-0.1, -0.05) is 25.4 Å². The predicted octanol–water partition coefficient (Wildman–Crippen LogP) is 3.51. The Balaban J connectivity index is 1.62. The van der Waals surface area contributed by atoms with Gasteiger partial charge in [0.05, 0.1) is 53.0 Å². The van der Waals surface area contributed by atoms with Crippen LogP contribution in [0.2, 0.25) is 5.02 Å². The predicted molar refractivity (Wildman–Crippen MR) is 145 cm³/mol. The van der Waals surface area contributed by atoms with E-state index in [4.69, 9.17) is 23.1 Å². The molecule has 1 aromatic carbocycles. The molecule has 5 rings (SSSR count). The molecule has 7 N–H and O–H groups in total. The first kappa shape index (κ1) is 25.1. The number of benzene rings is 1. The molecule has 2 atom stereocenters. The van der Waals surface area contributed by atoms with Crippen molar-refractivity contribution in [2.75, 3.05) is 11.9 Å². The first-order valence-corrected chi connectivity index (χ1v) is 12.6. The first-order chi connectivity index (χ1) is 17.7. The molecule has 4 aromatic rings. The Morgan fingerprint density at radius 2 is 2.00 bits per heavy atom. The molecule has 1 aliphatic rings. The van der Waals surface area contributed by atoms with E-state index in [1.165, 1.54) is 12.1 Å². The number of hydrogen-bond donors (Lipinski definition) is 5. The molecule has 3 aromatic heterocycles. The number of nitrogens with zero attached hydrogens (tertiary/aromatic N) is 5. The van der Waals surface area contributed by atoms with Gasteiger partial charge < -0.3 is 27.0 Å². The van der Waals surface area contributed by atoms with E-state index in [1.54, 1.807) is 27.7 Å². The lowest BCUT2D eigenvalue weighted by atomic mass is 9.84. The molecule has 37 heavy (non-hydrogen) atoms. The maximum Gasteiger partial charge on any atom is 0.135 e. The topological polar surface area (TPSA) is 152 Å². The van der Waals surface area contributed by atoms with Gasteiger partial charge in [-0.05, 0) is 36.5 Å². The maximum atomic E-state index is 9.69. The van der Waals surface area contributed by atoms with Crippen LogP contribution in [-0.4, -0.2) is 54.1 Å². The normalized spacial score (nSPS) is 19.5. The number of nitrogens with one attached hydrogen (secondary N) is 1. The Morgan fingerprint density at radius 3 is 2.70 bits per heavy atom. The summed E-state index contributed by atoms with van der Waals surface area (Å²) in [5.74, 6) is 0.291. The standard InChI is InChI=1S/C26H31ClN8O2/c1-26(2)22(28)5-6-23(26)33-24-18(25(29)32-20-4-3-17(37)10-19(20)27)12-31-35-14-15(9-21(24)35)16-11-30-34(13-16)7-8-36/h3-4,9-14,22-23,33,36-37H,5-8,28H2,1-2H3,(H2,29,32). The third kappa shape index (κ3) is 4.75. The van der Waals surface area contributed by atoms with Crippen LogP contribution >= 0.6 is 11.6 Å². The van der Waals surface area contributed by atoms with E-state index in [2.05, 4.69) is 34.4 Å². The van der Waals surface area contributed by atoms with Crippen molar-refractivity contribution in [2.24, 2.45) is 21.9 Å². The van der Waals surface area contributed by atoms with Crippen LogP contribution in [-0.2, 0) is 6.54 Å². The van der Waals surface area contributed by atoms with Crippen molar-refractivity contribution in [1.82, 2.24) is 19.4 Å². The zero-order chi connectivity index (χ0) is 26.3. The van der Waals surface area contributed by atoms with Gasteiger partial charge in [-0.15, -0.1) is 0 Å². The fourth-order valence-corrected chi connectivity index (χ4v) is 5.07. The van der Waals surface area contributed by atoms with E-state index in [-0.39, 0.29) is 35.7 Å². The highest BCUT2D eigenvalue weighted by molar-refractivity contribution is 6.33. The van der Waals surface area contributed by atoms with Crippen molar-refractivity contribution < 1.29 is 10.2 Å². The van der Waals surface area contributed by atoms with Gasteiger partial charge >= 0.3 is 0 Å². The summed E-state index contributed by atoms with van der Waals surface area (Å²) in [5.41, 5.74) is 17.4. The third-order valence-corrected chi connectivity index (χ3v) is 7.62. The van der Waals surface area contributed by atoms with Gasteiger partial charge in [-0.25, -0.2) is 9.51 Å². The van der Waals surface area contributed by atoms with Gasteiger partial charge in [0.15, 0.2) is 0 Å². The largest absolute Gasteiger partial charge is 0.508 e. The second kappa shape index (κ2) is 9.70. The second-order valence-corrected chi connectivity index (χ2v) is 10.4. The third-order valence-electron chi connectivity index (χ3n) is 7.32. The van der Waals surface area contributed by atoms with Gasteiger partial charge in [0.25, 0.3) is 0 Å². The number of anilines is 1. The highest BCUT2D eigenvalue weighted by atomic mass is 35.5. The molecular weight excluding hydrogens is 492 g/mol. The summed E-state index contributed by atoms with van der Waals surface area (Å²) in [6, 6.07) is 6.77. The molecule has 1 fully saturated rings. The molecule has 0 saturated heterocycles. The van der Waals surface area contributed by atoms with Crippen LogP contribution in [0.3, 0.4) is 0 Å². The van der Waals surface area contributed by atoms with Crippen LogP contribution in [0.4, 0.5) is 11.4 Å². The number of aliphatic imine (C=N–C) groups is 1. The number of aromatic nitrogens is 4. The molecule has 194 valence electrons. The number of aliphatic hydroxyl groups is 1. The molecule has 1 saturated carbocycles. The molecule has 1 aliphatic carbocycles. The van der Waals surface area contributed by atoms with Gasteiger partial charge in [0.2, 0.25) is 0 Å². The molecule has 2 unspecified atom stereocenters. The van der Waals surface area contributed by atoms with Gasteiger partial charge in [-0.3, -0.25) is 4.68 Å². The van der Waals surface area contributed by atoms with Crippen LogP contribution in [0.1, 0.15) is 32.3 Å². The summed E-state index contributed by atoms with van der Waals surface area (Å²) in [6.45, 7) is 4.79. The highest BCUT2D eigenvalue weighted by Gasteiger charge is 2.41. The van der Waals surface area contributed by atoms with Crippen molar-refractivity contribution in [3.8, 4) is 16.9 Å². The number of fused-ring (bicyclic) bond motifs is 1. The number of amidine groups is 1.